The van der Waals surface area contributed by atoms with Crippen LogP contribution < -0.4 is 31.1 Å². The molecule has 5 aliphatic rings. The van der Waals surface area contributed by atoms with Crippen LogP contribution in [-0.4, -0.2) is 114 Å². The van der Waals surface area contributed by atoms with E-state index in [2.05, 4.69) is 189 Å². The molecule has 0 amide bonds. The summed E-state index contributed by atoms with van der Waals surface area (Å²) in [5.41, 5.74) is 22.9. The lowest BCUT2D eigenvalue weighted by Crippen LogP contribution is -2.53. The lowest BCUT2D eigenvalue weighted by molar-refractivity contribution is 0.115. The number of nitrogens with two attached hydrogens (primary N) is 2. The fraction of sp³-hybridized carbons (Fsp3) is 0.586. The van der Waals surface area contributed by atoms with Gasteiger partial charge < -0.3 is 36.0 Å². The Morgan fingerprint density at radius 1 is 0.364 bits per heavy atom. The summed E-state index contributed by atoms with van der Waals surface area (Å²) in [7, 11) is 2.25. The van der Waals surface area contributed by atoms with Gasteiger partial charge in [-0.05, 0) is 153 Å². The molecule has 0 spiro atoms. The van der Waals surface area contributed by atoms with Gasteiger partial charge >= 0.3 is 0 Å². The molecule has 5 aliphatic heterocycles. The van der Waals surface area contributed by atoms with Crippen molar-refractivity contribution in [2.75, 3.05) is 105 Å². The van der Waals surface area contributed by atoms with E-state index in [0.29, 0.717) is 35.8 Å². The van der Waals surface area contributed by atoms with Crippen LogP contribution >= 0.6 is 0 Å². The Morgan fingerprint density at radius 2 is 0.667 bits per heavy atom. The van der Waals surface area contributed by atoms with Crippen molar-refractivity contribution in [1.29, 1.82) is 0 Å². The van der Waals surface area contributed by atoms with Crippen LogP contribution in [-0.2, 0) is 0 Å². The zero-order valence-electron chi connectivity index (χ0n) is 42.8. The van der Waals surface area contributed by atoms with Crippen LogP contribution in [0.3, 0.4) is 0 Å². The van der Waals surface area contributed by atoms with Gasteiger partial charge in [-0.1, -0.05) is 104 Å². The predicted molar refractivity (Wildman–Crippen MR) is 287 cm³/mol. The third-order valence-corrected chi connectivity index (χ3v) is 14.8. The van der Waals surface area contributed by atoms with Crippen molar-refractivity contribution in [3.05, 3.63) is 119 Å². The molecular formula is C58H90N8. The average molecular weight is 899 g/mol. The summed E-state index contributed by atoms with van der Waals surface area (Å²) >= 11 is 0. The monoisotopic (exact) mass is 899 g/mol. The lowest BCUT2D eigenvalue weighted by Gasteiger charge is -2.42. The molecule has 4 aromatic carbocycles. The minimum atomic E-state index is 0.356. The summed E-state index contributed by atoms with van der Waals surface area (Å²) in [5.74, 6) is 2.48. The van der Waals surface area contributed by atoms with E-state index < -0.39 is 0 Å². The van der Waals surface area contributed by atoms with Gasteiger partial charge in [0.05, 0.1) is 0 Å². The number of rotatable bonds is 9. The van der Waals surface area contributed by atoms with Gasteiger partial charge in [-0.25, -0.2) is 0 Å². The van der Waals surface area contributed by atoms with Gasteiger partial charge in [0.1, 0.15) is 0 Å². The van der Waals surface area contributed by atoms with Crippen LogP contribution in [0.4, 0.5) is 22.7 Å². The first kappa shape index (κ1) is 51.3. The maximum atomic E-state index is 5.90. The van der Waals surface area contributed by atoms with E-state index in [4.69, 9.17) is 11.5 Å². The average Bonchev–Trinajstić information content (AvgIpc) is 4.14. The number of likely N-dealkylation sites (tertiary alicyclic amines) is 1. The maximum absolute atomic E-state index is 5.90. The topological polar surface area (TPSA) is 71.5 Å². The molecule has 2 atom stereocenters. The highest BCUT2D eigenvalue weighted by atomic mass is 15.3. The van der Waals surface area contributed by atoms with Crippen molar-refractivity contribution in [2.24, 2.45) is 11.5 Å². The van der Waals surface area contributed by atoms with E-state index in [1.807, 2.05) is 0 Å². The van der Waals surface area contributed by atoms with Crippen molar-refractivity contribution < 1.29 is 0 Å². The summed E-state index contributed by atoms with van der Waals surface area (Å²) in [6, 6.07) is 37.6. The summed E-state index contributed by atoms with van der Waals surface area (Å²) in [6.07, 6.45) is 7.63. The maximum Gasteiger partial charge on any atom is 0.0367 e. The molecule has 5 fully saturated rings. The molecule has 9 rings (SSSR count). The standard InChI is InChI=1S/C19H31N3.2C13H20N2.C13H19N/c1-16(2)17-4-6-18(7-5-17)21-12-14-22(15-13-21)19-8-10-20(3)11-9-19;2*1-10(2)11-3-5-13(6-4-11)15-8-7-12(14)9-15;1-11(2)12-5-7-13(8-6-12)14-9-3-4-10-14/h4-7,16,19H,8-15H2,1-3H3;2*3-6,10,12H,7-9,14H2,1-2H3;5-8,11H,3-4,9-10H2,1-2H3/t;2*12-;/m.10./s1. The highest BCUT2D eigenvalue weighted by molar-refractivity contribution is 5.51. The van der Waals surface area contributed by atoms with Gasteiger partial charge in [0, 0.05) is 106 Å². The van der Waals surface area contributed by atoms with Crippen LogP contribution in [0, 0.1) is 0 Å². The van der Waals surface area contributed by atoms with Crippen molar-refractivity contribution in [3.8, 4) is 0 Å². The van der Waals surface area contributed by atoms with Gasteiger partial charge in [-0.2, -0.15) is 0 Å². The molecule has 66 heavy (non-hydrogen) atoms. The van der Waals surface area contributed by atoms with Gasteiger partial charge in [-0.3, -0.25) is 4.90 Å². The van der Waals surface area contributed by atoms with E-state index in [9.17, 15) is 0 Å². The van der Waals surface area contributed by atoms with Crippen LogP contribution in [0.5, 0.6) is 0 Å². The molecule has 0 bridgehead atoms. The van der Waals surface area contributed by atoms with Crippen LogP contribution in [0.25, 0.3) is 0 Å². The summed E-state index contributed by atoms with van der Waals surface area (Å²) in [6.45, 7) is 31.9. The van der Waals surface area contributed by atoms with Gasteiger partial charge in [0.2, 0.25) is 0 Å². The molecule has 362 valence electrons. The largest absolute Gasteiger partial charge is 0.372 e. The third kappa shape index (κ3) is 15.2. The molecule has 8 nitrogen and oxygen atoms in total. The molecule has 8 heteroatoms. The van der Waals surface area contributed by atoms with Crippen LogP contribution in [0.15, 0.2) is 97.1 Å². The molecule has 5 heterocycles. The van der Waals surface area contributed by atoms with Crippen molar-refractivity contribution in [1.82, 2.24) is 9.80 Å². The van der Waals surface area contributed by atoms with Gasteiger partial charge in [0.15, 0.2) is 0 Å². The number of benzene rings is 4. The summed E-state index contributed by atoms with van der Waals surface area (Å²) in [4.78, 5) is 15.0. The summed E-state index contributed by atoms with van der Waals surface area (Å²) in [5, 5.41) is 0. The zero-order valence-corrected chi connectivity index (χ0v) is 42.8. The number of hydrogen-bond acceptors (Lipinski definition) is 8. The number of piperidine rings is 1. The Morgan fingerprint density at radius 3 is 0.955 bits per heavy atom. The molecule has 0 aromatic heterocycles. The number of anilines is 4. The van der Waals surface area contributed by atoms with Crippen molar-refractivity contribution >= 4 is 22.7 Å². The molecule has 4 N–H and O–H groups in total. The highest BCUT2D eigenvalue weighted by Gasteiger charge is 2.27. The Bertz CT molecular complexity index is 1870. The fourth-order valence-electron chi connectivity index (χ4n) is 10.0. The number of nitrogens with zero attached hydrogens (tertiary/aromatic N) is 6. The van der Waals surface area contributed by atoms with Gasteiger partial charge in [-0.15, -0.1) is 0 Å². The lowest BCUT2D eigenvalue weighted by atomic mass is 10.0. The minimum Gasteiger partial charge on any atom is -0.372 e. The molecule has 0 aliphatic carbocycles. The molecule has 4 aromatic rings. The van der Waals surface area contributed by atoms with Gasteiger partial charge in [0.25, 0.3) is 0 Å². The second kappa shape index (κ2) is 25.3. The molecule has 0 saturated carbocycles. The molecular weight excluding hydrogens is 809 g/mol. The van der Waals surface area contributed by atoms with Crippen molar-refractivity contribution in [3.63, 3.8) is 0 Å². The third-order valence-electron chi connectivity index (χ3n) is 14.8. The highest BCUT2D eigenvalue weighted by Crippen LogP contribution is 2.27. The summed E-state index contributed by atoms with van der Waals surface area (Å²) < 4.78 is 0. The molecule has 0 radical (unpaired) electrons. The smallest absolute Gasteiger partial charge is 0.0367 e. The fourth-order valence-corrected chi connectivity index (χ4v) is 10.0. The Hall–Kier alpha value is -4.08. The second-order valence-corrected chi connectivity index (χ2v) is 21.2. The SMILES string of the molecule is CC(C)c1ccc(N2CCCC2)cc1.CC(C)c1ccc(N2CCN(C3CCN(C)CC3)CC2)cc1.CC(C)c1ccc(N2CC[C@@H](N)C2)cc1.CC(C)c1ccc(N2CC[C@H](N)C2)cc1. The Kier molecular flexibility index (Phi) is 19.7. The first-order chi connectivity index (χ1) is 31.7. The zero-order chi connectivity index (χ0) is 47.2. The normalized spacial score (nSPS) is 20.7. The van der Waals surface area contributed by atoms with E-state index in [1.54, 1.807) is 0 Å². The quantitative estimate of drug-likeness (QED) is 0.172. The number of piperazine rings is 1. The Balaban J connectivity index is 0.000000148. The first-order valence-corrected chi connectivity index (χ1v) is 26.1. The molecule has 5 saturated heterocycles. The van der Waals surface area contributed by atoms with E-state index in [0.717, 1.165) is 45.1 Å². The van der Waals surface area contributed by atoms with Crippen molar-refractivity contribution in [2.45, 2.75) is 136 Å². The predicted octanol–water partition coefficient (Wildman–Crippen LogP) is 11.1. The van der Waals surface area contributed by atoms with Crippen LogP contribution in [0.2, 0.25) is 0 Å². The van der Waals surface area contributed by atoms with E-state index in [-0.39, 0.29) is 0 Å². The second-order valence-electron chi connectivity index (χ2n) is 21.2. The minimum absolute atomic E-state index is 0.356. The molecule has 0 unspecified atom stereocenters. The first-order valence-electron chi connectivity index (χ1n) is 26.1. The van der Waals surface area contributed by atoms with E-state index >= 15 is 0 Å². The van der Waals surface area contributed by atoms with Crippen LogP contribution in [0.1, 0.15) is 140 Å². The Labute approximate surface area is 402 Å². The van der Waals surface area contributed by atoms with E-state index in [1.165, 1.54) is 123 Å². The number of hydrogen-bond donors (Lipinski definition) is 2.